The van der Waals surface area contributed by atoms with Crippen molar-refractivity contribution >= 4 is 37.3 Å². The average molecular weight is 482 g/mol. The quantitative estimate of drug-likeness (QED) is 0.644. The highest BCUT2D eigenvalue weighted by atomic mass is 32.2. The SMILES string of the molecule is Cc1cc(C)cc(N(CC(=O)Nc2ccc(S(=O)(=O)N3CCOCC3)cc2)S(C)(=O)=O)c1. The van der Waals surface area contributed by atoms with Gasteiger partial charge in [-0.05, 0) is 61.4 Å². The molecule has 1 N–H and O–H groups in total. The van der Waals surface area contributed by atoms with Crippen LogP contribution < -0.4 is 9.62 Å². The highest BCUT2D eigenvalue weighted by Crippen LogP contribution is 2.22. The number of ether oxygens (including phenoxy) is 1. The molecule has 0 saturated carbocycles. The van der Waals surface area contributed by atoms with E-state index in [0.29, 0.717) is 37.7 Å². The molecular formula is C21H27N3O6S2. The van der Waals surface area contributed by atoms with E-state index in [0.717, 1.165) is 21.7 Å². The summed E-state index contributed by atoms with van der Waals surface area (Å²) in [5.41, 5.74) is 2.54. The van der Waals surface area contributed by atoms with Crippen LogP contribution in [0.4, 0.5) is 11.4 Å². The van der Waals surface area contributed by atoms with E-state index in [4.69, 9.17) is 4.74 Å². The Kier molecular flexibility index (Phi) is 7.23. The Labute approximate surface area is 189 Å². The van der Waals surface area contributed by atoms with Crippen molar-refractivity contribution in [2.45, 2.75) is 18.7 Å². The molecule has 1 amide bonds. The largest absolute Gasteiger partial charge is 0.379 e. The van der Waals surface area contributed by atoms with Crippen molar-refractivity contribution in [3.63, 3.8) is 0 Å². The lowest BCUT2D eigenvalue weighted by molar-refractivity contribution is -0.114. The Bertz CT molecular complexity index is 1170. The Morgan fingerprint density at radius 3 is 2.09 bits per heavy atom. The molecule has 0 atom stereocenters. The Hall–Kier alpha value is -2.47. The number of nitrogens with zero attached hydrogens (tertiary/aromatic N) is 2. The number of anilines is 2. The van der Waals surface area contributed by atoms with Crippen LogP contribution in [0.1, 0.15) is 11.1 Å². The fraction of sp³-hybridized carbons (Fsp3) is 0.381. The molecule has 1 saturated heterocycles. The van der Waals surface area contributed by atoms with Gasteiger partial charge in [0.2, 0.25) is 26.0 Å². The molecule has 1 aliphatic heterocycles. The molecule has 1 fully saturated rings. The lowest BCUT2D eigenvalue weighted by Gasteiger charge is -2.26. The van der Waals surface area contributed by atoms with Gasteiger partial charge in [-0.1, -0.05) is 6.07 Å². The third-order valence-corrected chi connectivity index (χ3v) is 7.98. The molecule has 3 rings (SSSR count). The average Bonchev–Trinajstić information content (AvgIpc) is 2.71. The number of carbonyl (C=O) groups is 1. The van der Waals surface area contributed by atoms with Crippen molar-refractivity contribution < 1.29 is 26.4 Å². The second kappa shape index (κ2) is 9.57. The predicted octanol–water partition coefficient (Wildman–Crippen LogP) is 1.73. The van der Waals surface area contributed by atoms with E-state index >= 15 is 0 Å². The van der Waals surface area contributed by atoms with Gasteiger partial charge in [0.15, 0.2) is 0 Å². The molecule has 0 bridgehead atoms. The van der Waals surface area contributed by atoms with E-state index in [-0.39, 0.29) is 4.90 Å². The van der Waals surface area contributed by atoms with Gasteiger partial charge in [0.1, 0.15) is 6.54 Å². The topological polar surface area (TPSA) is 113 Å². The van der Waals surface area contributed by atoms with E-state index < -0.39 is 32.5 Å². The van der Waals surface area contributed by atoms with E-state index in [1.165, 1.54) is 28.6 Å². The van der Waals surface area contributed by atoms with Gasteiger partial charge < -0.3 is 10.1 Å². The molecule has 2 aromatic carbocycles. The van der Waals surface area contributed by atoms with Gasteiger partial charge in [-0.15, -0.1) is 0 Å². The van der Waals surface area contributed by atoms with E-state index in [9.17, 15) is 21.6 Å². The number of nitrogens with one attached hydrogen (secondary N) is 1. The summed E-state index contributed by atoms with van der Waals surface area (Å²) < 4.78 is 57.6. The zero-order valence-corrected chi connectivity index (χ0v) is 19.9. The van der Waals surface area contributed by atoms with Crippen molar-refractivity contribution in [3.8, 4) is 0 Å². The summed E-state index contributed by atoms with van der Waals surface area (Å²) in [6.07, 6.45) is 1.04. The Balaban J connectivity index is 1.73. The number of amides is 1. The number of morpholine rings is 1. The lowest BCUT2D eigenvalue weighted by atomic mass is 10.1. The van der Waals surface area contributed by atoms with Gasteiger partial charge in [-0.3, -0.25) is 9.10 Å². The Morgan fingerprint density at radius 2 is 1.56 bits per heavy atom. The van der Waals surface area contributed by atoms with E-state index in [1.807, 2.05) is 19.9 Å². The molecule has 0 radical (unpaired) electrons. The molecule has 1 aliphatic rings. The molecule has 32 heavy (non-hydrogen) atoms. The zero-order chi connectivity index (χ0) is 23.5. The maximum Gasteiger partial charge on any atom is 0.245 e. The highest BCUT2D eigenvalue weighted by molar-refractivity contribution is 7.92. The van der Waals surface area contributed by atoms with Gasteiger partial charge in [0.05, 0.1) is 30.1 Å². The first kappa shape index (κ1) is 24.2. The van der Waals surface area contributed by atoms with Crippen LogP contribution in [0.25, 0.3) is 0 Å². The fourth-order valence-corrected chi connectivity index (χ4v) is 5.72. The fourth-order valence-electron chi connectivity index (χ4n) is 3.47. The van der Waals surface area contributed by atoms with Crippen LogP contribution >= 0.6 is 0 Å². The third kappa shape index (κ3) is 5.85. The van der Waals surface area contributed by atoms with Crippen molar-refractivity contribution in [2.24, 2.45) is 0 Å². The standard InChI is InChI=1S/C21H27N3O6S2/c1-16-12-17(2)14-19(13-16)24(31(3,26)27)15-21(25)22-18-4-6-20(7-5-18)32(28,29)23-8-10-30-11-9-23/h4-7,12-14H,8-11,15H2,1-3H3,(H,22,25). The van der Waals surface area contributed by atoms with Crippen LogP contribution in [0.2, 0.25) is 0 Å². The maximum absolute atomic E-state index is 12.7. The van der Waals surface area contributed by atoms with Crippen LogP contribution in [0.15, 0.2) is 47.4 Å². The molecule has 1 heterocycles. The van der Waals surface area contributed by atoms with E-state index in [2.05, 4.69) is 5.32 Å². The minimum atomic E-state index is -3.70. The highest BCUT2D eigenvalue weighted by Gasteiger charge is 2.26. The number of rotatable bonds is 7. The van der Waals surface area contributed by atoms with Crippen LogP contribution in [0, 0.1) is 13.8 Å². The van der Waals surface area contributed by atoms with Gasteiger partial charge in [-0.25, -0.2) is 16.8 Å². The summed E-state index contributed by atoms with van der Waals surface area (Å²) in [5.74, 6) is -0.543. The number of aryl methyl sites for hydroxylation is 2. The zero-order valence-electron chi connectivity index (χ0n) is 18.2. The summed E-state index contributed by atoms with van der Waals surface area (Å²) in [4.78, 5) is 12.7. The molecule has 2 aromatic rings. The van der Waals surface area contributed by atoms with Crippen LogP contribution in [-0.2, 0) is 29.6 Å². The molecule has 9 nitrogen and oxygen atoms in total. The molecule has 0 spiro atoms. The smallest absolute Gasteiger partial charge is 0.245 e. The van der Waals surface area contributed by atoms with Gasteiger partial charge in [0.25, 0.3) is 0 Å². The first-order valence-corrected chi connectivity index (χ1v) is 13.3. The van der Waals surface area contributed by atoms with Crippen LogP contribution in [-0.4, -0.2) is 66.2 Å². The number of hydrogen-bond donors (Lipinski definition) is 1. The minimum Gasteiger partial charge on any atom is -0.379 e. The Morgan fingerprint density at radius 1 is 1.00 bits per heavy atom. The van der Waals surface area contributed by atoms with Crippen molar-refractivity contribution in [1.29, 1.82) is 0 Å². The predicted molar refractivity (Wildman–Crippen MR) is 123 cm³/mol. The molecule has 0 aromatic heterocycles. The molecule has 0 unspecified atom stereocenters. The van der Waals surface area contributed by atoms with Gasteiger partial charge in [-0.2, -0.15) is 4.31 Å². The summed E-state index contributed by atoms with van der Waals surface area (Å²) in [6, 6.07) is 11.1. The molecule has 174 valence electrons. The minimum absolute atomic E-state index is 0.116. The molecule has 0 aliphatic carbocycles. The maximum atomic E-state index is 12.7. The number of benzene rings is 2. The number of hydrogen-bond acceptors (Lipinski definition) is 6. The summed E-state index contributed by atoms with van der Waals surface area (Å²) in [7, 11) is -7.34. The summed E-state index contributed by atoms with van der Waals surface area (Å²) >= 11 is 0. The molecular weight excluding hydrogens is 454 g/mol. The lowest BCUT2D eigenvalue weighted by Crippen LogP contribution is -2.40. The van der Waals surface area contributed by atoms with Crippen LogP contribution in [0.5, 0.6) is 0 Å². The molecule has 11 heteroatoms. The third-order valence-electron chi connectivity index (χ3n) is 4.93. The second-order valence-corrected chi connectivity index (χ2v) is 11.5. The monoisotopic (exact) mass is 481 g/mol. The van der Waals surface area contributed by atoms with Crippen molar-refractivity contribution in [1.82, 2.24) is 4.31 Å². The second-order valence-electron chi connectivity index (χ2n) is 7.70. The van der Waals surface area contributed by atoms with Gasteiger partial charge in [0, 0.05) is 18.8 Å². The summed E-state index contributed by atoms with van der Waals surface area (Å²) in [5, 5.41) is 2.63. The number of carbonyl (C=O) groups excluding carboxylic acids is 1. The van der Waals surface area contributed by atoms with Crippen LogP contribution in [0.3, 0.4) is 0 Å². The normalized spacial score (nSPS) is 15.3. The first-order chi connectivity index (χ1) is 15.0. The summed E-state index contributed by atoms with van der Waals surface area (Å²) in [6.45, 7) is 4.58. The van der Waals surface area contributed by atoms with Crippen molar-refractivity contribution in [3.05, 3.63) is 53.6 Å². The van der Waals surface area contributed by atoms with Gasteiger partial charge >= 0.3 is 0 Å². The number of sulfonamides is 2. The van der Waals surface area contributed by atoms with E-state index in [1.54, 1.807) is 12.1 Å². The van der Waals surface area contributed by atoms with Crippen molar-refractivity contribution in [2.75, 3.05) is 48.7 Å². The first-order valence-electron chi connectivity index (χ1n) is 10.0.